The summed E-state index contributed by atoms with van der Waals surface area (Å²) in [6, 6.07) is 0. The zero-order chi connectivity index (χ0) is 12.8. The topological polar surface area (TPSA) is 58.5 Å². The van der Waals surface area contributed by atoms with Crippen molar-refractivity contribution >= 4 is 0 Å². The van der Waals surface area contributed by atoms with E-state index >= 15 is 0 Å². The SMILES string of the molecule is NCCN1CCC(C2CCN(CCN)CC2)CC1. The van der Waals surface area contributed by atoms with Crippen molar-refractivity contribution in [3.8, 4) is 0 Å². The molecule has 0 aromatic carbocycles. The van der Waals surface area contributed by atoms with Crippen molar-refractivity contribution in [2.24, 2.45) is 23.3 Å². The molecule has 0 unspecified atom stereocenters. The average Bonchev–Trinajstić information content (AvgIpc) is 2.41. The fourth-order valence-electron chi connectivity index (χ4n) is 3.66. The summed E-state index contributed by atoms with van der Waals surface area (Å²) in [5.74, 6) is 1.94. The summed E-state index contributed by atoms with van der Waals surface area (Å²) >= 11 is 0. The Kier molecular flexibility index (Phi) is 5.89. The van der Waals surface area contributed by atoms with Crippen molar-refractivity contribution in [1.82, 2.24) is 9.80 Å². The van der Waals surface area contributed by atoms with Crippen LogP contribution in [-0.2, 0) is 0 Å². The highest BCUT2D eigenvalue weighted by Gasteiger charge is 2.28. The first-order valence-corrected chi connectivity index (χ1v) is 7.68. The van der Waals surface area contributed by atoms with Crippen LogP contribution < -0.4 is 11.5 Å². The second-order valence-corrected chi connectivity index (χ2v) is 5.94. The Labute approximate surface area is 112 Å². The minimum absolute atomic E-state index is 0.808. The fourth-order valence-corrected chi connectivity index (χ4v) is 3.66. The van der Waals surface area contributed by atoms with Gasteiger partial charge in [-0.1, -0.05) is 0 Å². The van der Waals surface area contributed by atoms with Crippen LogP contribution in [-0.4, -0.2) is 62.2 Å². The van der Waals surface area contributed by atoms with Gasteiger partial charge in [0.25, 0.3) is 0 Å². The number of nitrogens with two attached hydrogens (primary N) is 2. The van der Waals surface area contributed by atoms with Gasteiger partial charge in [-0.15, -0.1) is 0 Å². The summed E-state index contributed by atoms with van der Waals surface area (Å²) in [5, 5.41) is 0. The molecule has 0 saturated carbocycles. The third-order valence-electron chi connectivity index (χ3n) is 4.82. The Bertz CT molecular complexity index is 194. The predicted molar refractivity (Wildman–Crippen MR) is 76.4 cm³/mol. The third kappa shape index (κ3) is 3.92. The molecule has 2 fully saturated rings. The number of nitrogens with zero attached hydrogens (tertiary/aromatic N) is 2. The van der Waals surface area contributed by atoms with E-state index in [9.17, 15) is 0 Å². The number of piperidine rings is 2. The fraction of sp³-hybridized carbons (Fsp3) is 1.00. The lowest BCUT2D eigenvalue weighted by Gasteiger charge is -2.40. The molecule has 2 aliphatic heterocycles. The van der Waals surface area contributed by atoms with Gasteiger partial charge in [-0.05, 0) is 63.7 Å². The Morgan fingerprint density at radius 3 is 1.28 bits per heavy atom. The maximum Gasteiger partial charge on any atom is 0.0105 e. The van der Waals surface area contributed by atoms with Gasteiger partial charge in [0, 0.05) is 26.2 Å². The van der Waals surface area contributed by atoms with Crippen molar-refractivity contribution in [1.29, 1.82) is 0 Å². The van der Waals surface area contributed by atoms with E-state index in [1.807, 2.05) is 0 Å². The smallest absolute Gasteiger partial charge is 0.0105 e. The molecule has 0 amide bonds. The highest BCUT2D eigenvalue weighted by molar-refractivity contribution is 4.82. The summed E-state index contributed by atoms with van der Waals surface area (Å²) in [4.78, 5) is 5.06. The highest BCUT2D eigenvalue weighted by Crippen LogP contribution is 2.32. The third-order valence-corrected chi connectivity index (χ3v) is 4.82. The van der Waals surface area contributed by atoms with E-state index in [2.05, 4.69) is 9.80 Å². The van der Waals surface area contributed by atoms with Gasteiger partial charge >= 0.3 is 0 Å². The van der Waals surface area contributed by atoms with Crippen LogP contribution in [0.3, 0.4) is 0 Å². The molecule has 0 bridgehead atoms. The first-order chi connectivity index (χ1) is 8.83. The minimum Gasteiger partial charge on any atom is -0.329 e. The molecule has 106 valence electrons. The summed E-state index contributed by atoms with van der Waals surface area (Å²) in [6.45, 7) is 8.86. The lowest BCUT2D eigenvalue weighted by Crippen LogP contribution is -2.42. The summed E-state index contributed by atoms with van der Waals surface area (Å²) in [6.07, 6.45) is 5.56. The highest BCUT2D eigenvalue weighted by atomic mass is 15.1. The first-order valence-electron chi connectivity index (χ1n) is 7.68. The van der Waals surface area contributed by atoms with E-state index in [1.54, 1.807) is 0 Å². The van der Waals surface area contributed by atoms with Gasteiger partial charge in [-0.3, -0.25) is 0 Å². The molecule has 4 nitrogen and oxygen atoms in total. The second-order valence-electron chi connectivity index (χ2n) is 5.94. The average molecular weight is 254 g/mol. The molecule has 0 atom stereocenters. The number of likely N-dealkylation sites (tertiary alicyclic amines) is 2. The number of hydrogen-bond donors (Lipinski definition) is 2. The van der Waals surface area contributed by atoms with E-state index in [-0.39, 0.29) is 0 Å². The van der Waals surface area contributed by atoms with Gasteiger partial charge in [0.05, 0.1) is 0 Å². The zero-order valence-electron chi connectivity index (χ0n) is 11.7. The van der Waals surface area contributed by atoms with Crippen LogP contribution in [0.2, 0.25) is 0 Å². The van der Waals surface area contributed by atoms with E-state index in [4.69, 9.17) is 11.5 Å². The minimum atomic E-state index is 0.808. The summed E-state index contributed by atoms with van der Waals surface area (Å²) < 4.78 is 0. The largest absolute Gasteiger partial charge is 0.329 e. The molecule has 0 radical (unpaired) electrons. The van der Waals surface area contributed by atoms with Crippen LogP contribution >= 0.6 is 0 Å². The van der Waals surface area contributed by atoms with Crippen LogP contribution in [0.1, 0.15) is 25.7 Å². The molecule has 2 aliphatic rings. The van der Waals surface area contributed by atoms with Crippen LogP contribution in [0.4, 0.5) is 0 Å². The Morgan fingerprint density at radius 1 is 0.667 bits per heavy atom. The van der Waals surface area contributed by atoms with Gasteiger partial charge in [-0.25, -0.2) is 0 Å². The second kappa shape index (κ2) is 7.43. The quantitative estimate of drug-likeness (QED) is 0.742. The molecular weight excluding hydrogens is 224 g/mol. The normalized spacial score (nSPS) is 25.7. The molecule has 2 saturated heterocycles. The molecule has 0 spiro atoms. The van der Waals surface area contributed by atoms with E-state index < -0.39 is 0 Å². The van der Waals surface area contributed by atoms with E-state index in [0.29, 0.717) is 0 Å². The molecule has 4 N–H and O–H groups in total. The van der Waals surface area contributed by atoms with Crippen molar-refractivity contribution in [3.05, 3.63) is 0 Å². The van der Waals surface area contributed by atoms with Crippen LogP contribution in [0.15, 0.2) is 0 Å². The van der Waals surface area contributed by atoms with Crippen LogP contribution in [0, 0.1) is 11.8 Å². The van der Waals surface area contributed by atoms with Crippen molar-refractivity contribution in [2.75, 3.05) is 52.4 Å². The van der Waals surface area contributed by atoms with Gasteiger partial charge in [0.15, 0.2) is 0 Å². The van der Waals surface area contributed by atoms with E-state index in [0.717, 1.165) is 38.0 Å². The molecule has 0 aromatic rings. The first kappa shape index (κ1) is 14.3. The lowest BCUT2D eigenvalue weighted by atomic mass is 9.79. The summed E-state index contributed by atoms with van der Waals surface area (Å²) in [7, 11) is 0. The van der Waals surface area contributed by atoms with Gasteiger partial charge in [0.1, 0.15) is 0 Å². The van der Waals surface area contributed by atoms with Crippen LogP contribution in [0.5, 0.6) is 0 Å². The maximum absolute atomic E-state index is 5.62. The van der Waals surface area contributed by atoms with Crippen molar-refractivity contribution in [3.63, 3.8) is 0 Å². The Hall–Kier alpha value is -0.160. The van der Waals surface area contributed by atoms with Crippen molar-refractivity contribution < 1.29 is 0 Å². The molecule has 0 aromatic heterocycles. The van der Waals surface area contributed by atoms with Crippen LogP contribution in [0.25, 0.3) is 0 Å². The van der Waals surface area contributed by atoms with Gasteiger partial charge in [0.2, 0.25) is 0 Å². The zero-order valence-corrected chi connectivity index (χ0v) is 11.7. The van der Waals surface area contributed by atoms with E-state index in [1.165, 1.54) is 51.9 Å². The Balaban J connectivity index is 1.68. The monoisotopic (exact) mass is 254 g/mol. The molecule has 4 heteroatoms. The standard InChI is InChI=1S/C14H30N4/c15-5-11-17-7-1-13(2-8-17)14-3-9-18(10-4-14)12-6-16/h13-14H,1-12,15-16H2. The molecule has 2 rings (SSSR count). The molecule has 2 heterocycles. The van der Waals surface area contributed by atoms with Crippen molar-refractivity contribution in [2.45, 2.75) is 25.7 Å². The van der Waals surface area contributed by atoms with Gasteiger partial charge in [-0.2, -0.15) is 0 Å². The predicted octanol–water partition coefficient (Wildman–Crippen LogP) is 0.328. The van der Waals surface area contributed by atoms with Gasteiger partial charge < -0.3 is 21.3 Å². The molecule has 0 aliphatic carbocycles. The number of hydrogen-bond acceptors (Lipinski definition) is 4. The maximum atomic E-state index is 5.62. The summed E-state index contributed by atoms with van der Waals surface area (Å²) in [5.41, 5.74) is 11.2. The Morgan fingerprint density at radius 2 is 1.00 bits per heavy atom. The molecule has 18 heavy (non-hydrogen) atoms. The molecular formula is C14H30N4. The lowest BCUT2D eigenvalue weighted by molar-refractivity contribution is 0.0988. The number of rotatable bonds is 5.